The summed E-state index contributed by atoms with van der Waals surface area (Å²) in [5.74, 6) is -1.28. The van der Waals surface area contributed by atoms with Gasteiger partial charge in [0.25, 0.3) is 5.91 Å². The van der Waals surface area contributed by atoms with Gasteiger partial charge < -0.3 is 10.1 Å². The van der Waals surface area contributed by atoms with Crippen LogP contribution in [0, 0.1) is 0 Å². The first-order chi connectivity index (χ1) is 9.32. The maximum Gasteiger partial charge on any atom is 0.416 e. The van der Waals surface area contributed by atoms with Gasteiger partial charge in [-0.3, -0.25) is 4.79 Å². The van der Waals surface area contributed by atoms with Crippen molar-refractivity contribution in [3.8, 4) is 0 Å². The predicted octanol–water partition coefficient (Wildman–Crippen LogP) is 2.35. The number of benzene rings is 1. The van der Waals surface area contributed by atoms with Gasteiger partial charge >= 0.3 is 12.1 Å². The molecule has 1 N–H and O–H groups in total. The Labute approximate surface area is 112 Å². The van der Waals surface area contributed by atoms with E-state index in [0.29, 0.717) is 0 Å². The first-order valence-electron chi connectivity index (χ1n) is 5.74. The summed E-state index contributed by atoms with van der Waals surface area (Å²) in [6, 6.07) is 2.74. The molecule has 1 aliphatic heterocycles. The van der Waals surface area contributed by atoms with Crippen molar-refractivity contribution < 1.29 is 27.5 Å². The lowest BCUT2D eigenvalue weighted by Gasteiger charge is -2.08. The zero-order chi connectivity index (χ0) is 14.9. The van der Waals surface area contributed by atoms with Gasteiger partial charge in [-0.25, -0.2) is 4.79 Å². The quantitative estimate of drug-likeness (QED) is 0.670. The van der Waals surface area contributed by atoms with Crippen molar-refractivity contribution in [2.45, 2.75) is 13.1 Å². The first kappa shape index (κ1) is 14.1. The van der Waals surface area contributed by atoms with Gasteiger partial charge in [-0.2, -0.15) is 13.2 Å². The minimum Gasteiger partial charge on any atom is -0.463 e. The fraction of sp³-hybridized carbons (Fsp3) is 0.231. The van der Waals surface area contributed by atoms with E-state index >= 15 is 0 Å². The number of carbonyl (C=O) groups is 2. The summed E-state index contributed by atoms with van der Waals surface area (Å²) in [5.41, 5.74) is -0.747. The highest BCUT2D eigenvalue weighted by Gasteiger charge is 2.33. The van der Waals surface area contributed by atoms with Crippen LogP contribution in [0.5, 0.6) is 0 Å². The number of alkyl halides is 3. The van der Waals surface area contributed by atoms with E-state index in [1.54, 1.807) is 6.92 Å². The predicted molar refractivity (Wildman–Crippen MR) is 63.5 cm³/mol. The third-order valence-electron chi connectivity index (χ3n) is 2.68. The van der Waals surface area contributed by atoms with E-state index in [1.807, 2.05) is 0 Å². The van der Waals surface area contributed by atoms with E-state index in [0.717, 1.165) is 24.3 Å². The number of fused-ring (bicyclic) bond motifs is 1. The third kappa shape index (κ3) is 2.66. The second kappa shape index (κ2) is 4.99. The maximum atomic E-state index is 12.6. The molecule has 4 nitrogen and oxygen atoms in total. The summed E-state index contributed by atoms with van der Waals surface area (Å²) in [6.45, 7) is 1.73. The monoisotopic (exact) mass is 285 g/mol. The average Bonchev–Trinajstić information content (AvgIpc) is 2.65. The zero-order valence-electron chi connectivity index (χ0n) is 10.4. The van der Waals surface area contributed by atoms with Crippen LogP contribution in [-0.4, -0.2) is 18.5 Å². The average molecular weight is 285 g/mol. The summed E-state index contributed by atoms with van der Waals surface area (Å²) in [4.78, 5) is 22.9. The Bertz CT molecular complexity index is 605. The molecule has 20 heavy (non-hydrogen) atoms. The molecule has 7 heteroatoms. The van der Waals surface area contributed by atoms with Gasteiger partial charge in [0.05, 0.1) is 17.9 Å². The van der Waals surface area contributed by atoms with Gasteiger partial charge in [0.15, 0.2) is 0 Å². The number of carbonyl (C=O) groups excluding carboxylic acids is 2. The molecule has 0 radical (unpaired) electrons. The molecule has 0 spiro atoms. The van der Waals surface area contributed by atoms with Crippen LogP contribution < -0.4 is 5.32 Å². The molecule has 0 saturated carbocycles. The van der Waals surface area contributed by atoms with Gasteiger partial charge in [-0.05, 0) is 25.1 Å². The normalized spacial score (nSPS) is 16.0. The maximum absolute atomic E-state index is 12.6. The molecule has 0 aliphatic carbocycles. The molecule has 1 amide bonds. The molecular weight excluding hydrogens is 275 g/mol. The third-order valence-corrected chi connectivity index (χ3v) is 2.68. The molecular formula is C13H10F3NO3. The summed E-state index contributed by atoms with van der Waals surface area (Å²) in [7, 11) is 0. The standard InChI is InChI=1S/C13H10F3NO3/c1-2-20-11(18)6-10-9-5-7(13(14,15)16)3-4-8(9)12(19)17-10/h3-6H,2H2,1H3,(H,17,19)/b10-6+. The van der Waals surface area contributed by atoms with Crippen LogP contribution in [0.4, 0.5) is 13.2 Å². The number of nitrogens with one attached hydrogen (secondary N) is 1. The van der Waals surface area contributed by atoms with Crippen LogP contribution in [0.1, 0.15) is 28.4 Å². The number of halogens is 3. The zero-order valence-corrected chi connectivity index (χ0v) is 10.4. The van der Waals surface area contributed by atoms with Crippen LogP contribution in [0.15, 0.2) is 24.3 Å². The van der Waals surface area contributed by atoms with E-state index in [4.69, 9.17) is 0 Å². The molecule has 0 unspecified atom stereocenters. The summed E-state index contributed by atoms with van der Waals surface area (Å²) in [6.07, 6.45) is -3.55. The van der Waals surface area contributed by atoms with Gasteiger partial charge in [-0.15, -0.1) is 0 Å². The topological polar surface area (TPSA) is 55.4 Å². The minimum atomic E-state index is -4.52. The van der Waals surface area contributed by atoms with Crippen LogP contribution in [-0.2, 0) is 15.7 Å². The van der Waals surface area contributed by atoms with E-state index in [-0.39, 0.29) is 23.4 Å². The van der Waals surface area contributed by atoms with Gasteiger partial charge in [-0.1, -0.05) is 0 Å². The number of hydrogen-bond donors (Lipinski definition) is 1. The Morgan fingerprint density at radius 1 is 1.35 bits per heavy atom. The summed E-state index contributed by atoms with van der Waals surface area (Å²) < 4.78 is 42.6. The molecule has 2 rings (SSSR count). The number of ether oxygens (including phenoxy) is 1. The van der Waals surface area contributed by atoms with Crippen LogP contribution >= 0.6 is 0 Å². The largest absolute Gasteiger partial charge is 0.463 e. The SMILES string of the molecule is CCOC(=O)/C=C1/NC(=O)c2ccc(C(F)(F)F)cc21. The second-order valence-electron chi connectivity index (χ2n) is 4.02. The minimum absolute atomic E-state index is 0.00884. The molecule has 0 fully saturated rings. The van der Waals surface area contributed by atoms with Gasteiger partial charge in [0.2, 0.25) is 0 Å². The molecule has 1 aliphatic rings. The Balaban J connectivity index is 2.45. The van der Waals surface area contributed by atoms with Crippen molar-refractivity contribution in [2.24, 2.45) is 0 Å². The summed E-state index contributed by atoms with van der Waals surface area (Å²) in [5, 5.41) is 2.34. The number of hydrogen-bond acceptors (Lipinski definition) is 3. The second-order valence-corrected chi connectivity index (χ2v) is 4.02. The molecule has 0 aromatic heterocycles. The molecule has 0 bridgehead atoms. The number of amides is 1. The molecule has 0 saturated heterocycles. The van der Waals surface area contributed by atoms with Crippen molar-refractivity contribution in [3.63, 3.8) is 0 Å². The molecule has 0 atom stereocenters. The van der Waals surface area contributed by atoms with Gasteiger partial charge in [0.1, 0.15) is 0 Å². The van der Waals surface area contributed by atoms with Crippen LogP contribution in [0.25, 0.3) is 5.70 Å². The lowest BCUT2D eigenvalue weighted by Crippen LogP contribution is -2.13. The highest BCUT2D eigenvalue weighted by Crippen LogP contribution is 2.34. The number of rotatable bonds is 2. The Hall–Kier alpha value is -2.31. The first-order valence-corrected chi connectivity index (χ1v) is 5.74. The fourth-order valence-corrected chi connectivity index (χ4v) is 1.81. The molecule has 106 valence electrons. The highest BCUT2D eigenvalue weighted by molar-refractivity contribution is 6.11. The summed E-state index contributed by atoms with van der Waals surface area (Å²) >= 11 is 0. The fourth-order valence-electron chi connectivity index (χ4n) is 1.81. The van der Waals surface area contributed by atoms with E-state index in [1.165, 1.54) is 0 Å². The lowest BCUT2D eigenvalue weighted by atomic mass is 10.0. The number of esters is 1. The van der Waals surface area contributed by atoms with E-state index < -0.39 is 23.6 Å². The van der Waals surface area contributed by atoms with Crippen molar-refractivity contribution in [1.29, 1.82) is 0 Å². The Morgan fingerprint density at radius 3 is 2.65 bits per heavy atom. The van der Waals surface area contributed by atoms with Crippen molar-refractivity contribution in [2.75, 3.05) is 6.61 Å². The van der Waals surface area contributed by atoms with Crippen LogP contribution in [0.3, 0.4) is 0 Å². The van der Waals surface area contributed by atoms with E-state index in [2.05, 4.69) is 10.1 Å². The van der Waals surface area contributed by atoms with Crippen molar-refractivity contribution in [1.82, 2.24) is 5.32 Å². The van der Waals surface area contributed by atoms with Crippen molar-refractivity contribution >= 4 is 17.6 Å². The van der Waals surface area contributed by atoms with Gasteiger partial charge in [0, 0.05) is 17.2 Å². The molecule has 1 heterocycles. The lowest BCUT2D eigenvalue weighted by molar-refractivity contribution is -0.138. The highest BCUT2D eigenvalue weighted by atomic mass is 19.4. The molecule has 1 aromatic carbocycles. The molecule has 1 aromatic rings. The van der Waals surface area contributed by atoms with Crippen molar-refractivity contribution in [3.05, 3.63) is 41.0 Å². The smallest absolute Gasteiger partial charge is 0.416 e. The van der Waals surface area contributed by atoms with E-state index in [9.17, 15) is 22.8 Å². The Morgan fingerprint density at radius 2 is 2.05 bits per heavy atom. The van der Waals surface area contributed by atoms with Crippen LogP contribution in [0.2, 0.25) is 0 Å². The Kier molecular flexibility index (Phi) is 3.52.